The van der Waals surface area contributed by atoms with Crippen LogP contribution in [0.5, 0.6) is 0 Å². The number of aromatic nitrogens is 3. The molecule has 23 heavy (non-hydrogen) atoms. The summed E-state index contributed by atoms with van der Waals surface area (Å²) in [5.41, 5.74) is 6.22. The van der Waals surface area contributed by atoms with Crippen LogP contribution in [-0.2, 0) is 0 Å². The van der Waals surface area contributed by atoms with E-state index in [9.17, 15) is 4.79 Å². The van der Waals surface area contributed by atoms with E-state index in [1.165, 1.54) is 12.4 Å². The van der Waals surface area contributed by atoms with Crippen LogP contribution >= 0.6 is 0 Å². The highest BCUT2D eigenvalue weighted by atomic mass is 16.1. The van der Waals surface area contributed by atoms with Crippen molar-refractivity contribution in [3.8, 4) is 0 Å². The van der Waals surface area contributed by atoms with Gasteiger partial charge in [-0.3, -0.25) is 4.79 Å². The number of nitrogens with zero attached hydrogens (tertiary/aromatic N) is 5. The van der Waals surface area contributed by atoms with Crippen LogP contribution in [-0.4, -0.2) is 59.0 Å². The third-order valence-electron chi connectivity index (χ3n) is 3.77. The molecule has 0 bridgehead atoms. The number of nitrogens with one attached hydrogen (secondary N) is 1. The van der Waals surface area contributed by atoms with Gasteiger partial charge in [-0.1, -0.05) is 0 Å². The van der Waals surface area contributed by atoms with Crippen molar-refractivity contribution in [2.45, 2.75) is 0 Å². The first-order valence-corrected chi connectivity index (χ1v) is 7.40. The molecular formula is C15H19N7O. The van der Waals surface area contributed by atoms with Crippen molar-refractivity contribution in [1.29, 1.82) is 0 Å². The molecule has 8 nitrogen and oxygen atoms in total. The van der Waals surface area contributed by atoms with Gasteiger partial charge >= 0.3 is 0 Å². The number of hydrogen-bond donors (Lipinski definition) is 2. The molecule has 1 aliphatic rings. The summed E-state index contributed by atoms with van der Waals surface area (Å²) < 4.78 is 0. The molecule has 0 spiro atoms. The van der Waals surface area contributed by atoms with E-state index in [1.54, 1.807) is 6.20 Å². The fraction of sp³-hybridized carbons (Fsp3) is 0.333. The Balaban J connectivity index is 1.64. The van der Waals surface area contributed by atoms with Gasteiger partial charge in [-0.2, -0.15) is 0 Å². The number of carbonyl (C=O) groups is 1. The monoisotopic (exact) mass is 313 g/mol. The van der Waals surface area contributed by atoms with Crippen molar-refractivity contribution < 1.29 is 4.79 Å². The Morgan fingerprint density at radius 2 is 1.78 bits per heavy atom. The largest absolute Gasteiger partial charge is 0.366 e. The van der Waals surface area contributed by atoms with Gasteiger partial charge in [0.2, 0.25) is 5.95 Å². The molecule has 1 aliphatic heterocycles. The highest BCUT2D eigenvalue weighted by Gasteiger charge is 2.15. The van der Waals surface area contributed by atoms with Crippen molar-refractivity contribution in [2.75, 3.05) is 43.4 Å². The number of anilines is 3. The summed E-state index contributed by atoms with van der Waals surface area (Å²) in [6, 6.07) is 3.91. The van der Waals surface area contributed by atoms with Gasteiger partial charge in [0, 0.05) is 38.6 Å². The summed E-state index contributed by atoms with van der Waals surface area (Å²) in [5.74, 6) is 0.813. The van der Waals surface area contributed by atoms with Crippen molar-refractivity contribution in [2.24, 2.45) is 5.73 Å². The van der Waals surface area contributed by atoms with Crippen LogP contribution in [0.25, 0.3) is 0 Å². The molecule has 1 amide bonds. The first-order chi connectivity index (χ1) is 11.1. The van der Waals surface area contributed by atoms with E-state index < -0.39 is 5.91 Å². The van der Waals surface area contributed by atoms with Crippen LogP contribution in [0.1, 0.15) is 10.4 Å². The predicted octanol–water partition coefficient (Wildman–Crippen LogP) is 0.466. The fourth-order valence-corrected chi connectivity index (χ4v) is 2.33. The third-order valence-corrected chi connectivity index (χ3v) is 3.77. The topological polar surface area (TPSA) is 100 Å². The van der Waals surface area contributed by atoms with Crippen LogP contribution in [0.3, 0.4) is 0 Å². The molecule has 0 aromatic carbocycles. The normalized spacial score (nSPS) is 15.4. The van der Waals surface area contributed by atoms with Crippen LogP contribution < -0.4 is 16.0 Å². The summed E-state index contributed by atoms with van der Waals surface area (Å²) >= 11 is 0. The summed E-state index contributed by atoms with van der Waals surface area (Å²) in [6.45, 7) is 4.05. The van der Waals surface area contributed by atoms with E-state index in [-0.39, 0.29) is 5.56 Å². The molecule has 2 aromatic rings. The average molecular weight is 313 g/mol. The number of likely N-dealkylation sites (N-methyl/N-ethyl adjacent to an activating group) is 1. The summed E-state index contributed by atoms with van der Waals surface area (Å²) in [7, 11) is 2.13. The van der Waals surface area contributed by atoms with Gasteiger partial charge in [0.05, 0.1) is 17.4 Å². The SMILES string of the molecule is CN1CCN(c2ccc(Nc3ncc(C(N)=O)cn3)cn2)CC1. The second kappa shape index (κ2) is 6.57. The lowest BCUT2D eigenvalue weighted by atomic mass is 10.3. The van der Waals surface area contributed by atoms with Gasteiger partial charge in [-0.05, 0) is 19.2 Å². The molecule has 3 N–H and O–H groups in total. The number of carbonyl (C=O) groups excluding carboxylic acids is 1. The second-order valence-electron chi connectivity index (χ2n) is 5.48. The molecular weight excluding hydrogens is 294 g/mol. The quantitative estimate of drug-likeness (QED) is 0.846. The van der Waals surface area contributed by atoms with Gasteiger partial charge in [-0.15, -0.1) is 0 Å². The number of amides is 1. The van der Waals surface area contributed by atoms with E-state index in [0.29, 0.717) is 5.95 Å². The minimum Gasteiger partial charge on any atom is -0.366 e. The minimum atomic E-state index is -0.547. The molecule has 0 saturated carbocycles. The third kappa shape index (κ3) is 3.72. The minimum absolute atomic E-state index is 0.277. The van der Waals surface area contributed by atoms with Crippen LogP contribution in [0, 0.1) is 0 Å². The second-order valence-corrected chi connectivity index (χ2v) is 5.48. The molecule has 8 heteroatoms. The van der Waals surface area contributed by atoms with Crippen LogP contribution in [0.4, 0.5) is 17.5 Å². The molecule has 3 rings (SSSR count). The Morgan fingerprint density at radius 3 is 2.35 bits per heavy atom. The molecule has 0 radical (unpaired) electrons. The number of pyridine rings is 1. The number of piperazine rings is 1. The lowest BCUT2D eigenvalue weighted by Gasteiger charge is -2.33. The highest BCUT2D eigenvalue weighted by Crippen LogP contribution is 2.17. The number of nitrogens with two attached hydrogens (primary N) is 1. The average Bonchev–Trinajstić information content (AvgIpc) is 2.57. The first kappa shape index (κ1) is 15.2. The van der Waals surface area contributed by atoms with Gasteiger partial charge in [0.25, 0.3) is 5.91 Å². The maximum atomic E-state index is 11.0. The molecule has 1 saturated heterocycles. The Hall–Kier alpha value is -2.74. The molecule has 2 aromatic heterocycles. The van der Waals surface area contributed by atoms with E-state index in [1.807, 2.05) is 12.1 Å². The Kier molecular flexibility index (Phi) is 4.33. The van der Waals surface area contributed by atoms with Crippen molar-refractivity contribution >= 4 is 23.4 Å². The van der Waals surface area contributed by atoms with Crippen LogP contribution in [0.15, 0.2) is 30.7 Å². The Morgan fingerprint density at radius 1 is 1.09 bits per heavy atom. The molecule has 0 aliphatic carbocycles. The zero-order valence-corrected chi connectivity index (χ0v) is 12.9. The summed E-state index contributed by atoms with van der Waals surface area (Å²) in [5, 5.41) is 3.04. The molecule has 120 valence electrons. The van der Waals surface area contributed by atoms with Crippen molar-refractivity contribution in [3.05, 3.63) is 36.3 Å². The lowest BCUT2D eigenvalue weighted by molar-refractivity contribution is 0.0999. The van der Waals surface area contributed by atoms with E-state index in [0.717, 1.165) is 37.7 Å². The number of rotatable bonds is 4. The lowest BCUT2D eigenvalue weighted by Crippen LogP contribution is -2.44. The smallest absolute Gasteiger partial charge is 0.251 e. The predicted molar refractivity (Wildman–Crippen MR) is 87.8 cm³/mol. The standard InChI is InChI=1S/C15H19N7O/c1-21-4-6-22(7-5-21)13-3-2-12(10-17-13)20-15-18-8-11(9-19-15)14(16)23/h2-3,8-10H,4-7H2,1H3,(H2,16,23)(H,18,19,20). The van der Waals surface area contributed by atoms with E-state index in [2.05, 4.69) is 37.1 Å². The zero-order chi connectivity index (χ0) is 16.2. The van der Waals surface area contributed by atoms with Gasteiger partial charge in [0.15, 0.2) is 0 Å². The first-order valence-electron chi connectivity index (χ1n) is 7.40. The summed E-state index contributed by atoms with van der Waals surface area (Å²) in [6.07, 6.45) is 4.53. The number of primary amides is 1. The molecule has 0 atom stereocenters. The van der Waals surface area contributed by atoms with E-state index >= 15 is 0 Å². The van der Waals surface area contributed by atoms with Gasteiger partial charge in [0.1, 0.15) is 5.82 Å². The van der Waals surface area contributed by atoms with E-state index in [4.69, 9.17) is 5.73 Å². The zero-order valence-electron chi connectivity index (χ0n) is 12.9. The molecule has 0 unspecified atom stereocenters. The Bertz CT molecular complexity index is 663. The van der Waals surface area contributed by atoms with Crippen molar-refractivity contribution in [1.82, 2.24) is 19.9 Å². The number of hydrogen-bond acceptors (Lipinski definition) is 7. The summed E-state index contributed by atoms with van der Waals surface area (Å²) in [4.78, 5) is 28.1. The molecule has 1 fully saturated rings. The maximum absolute atomic E-state index is 11.0. The highest BCUT2D eigenvalue weighted by molar-refractivity contribution is 5.92. The van der Waals surface area contributed by atoms with Gasteiger partial charge < -0.3 is 20.9 Å². The van der Waals surface area contributed by atoms with Crippen LogP contribution in [0.2, 0.25) is 0 Å². The van der Waals surface area contributed by atoms with Crippen molar-refractivity contribution in [3.63, 3.8) is 0 Å². The Labute approximate surface area is 134 Å². The van der Waals surface area contributed by atoms with Gasteiger partial charge in [-0.25, -0.2) is 15.0 Å². The maximum Gasteiger partial charge on any atom is 0.251 e. The fourth-order valence-electron chi connectivity index (χ4n) is 2.33. The molecule has 3 heterocycles.